The third-order valence-corrected chi connectivity index (χ3v) is 5.02. The molecule has 0 spiro atoms. The van der Waals surface area contributed by atoms with Gasteiger partial charge in [0.25, 0.3) is 0 Å². The predicted octanol–water partition coefficient (Wildman–Crippen LogP) is 3.51. The normalized spacial score (nSPS) is 26.0. The van der Waals surface area contributed by atoms with Crippen molar-refractivity contribution in [1.29, 1.82) is 0 Å². The van der Waals surface area contributed by atoms with Crippen LogP contribution in [-0.2, 0) is 11.8 Å². The first-order valence-corrected chi connectivity index (χ1v) is 8.64. The largest absolute Gasteiger partial charge is 0.416 e. The highest BCUT2D eigenvalue weighted by Gasteiger charge is 2.40. The number of hydrogen-bond acceptors (Lipinski definition) is 3. The number of primary amides is 1. The second-order valence-corrected chi connectivity index (χ2v) is 7.12. The summed E-state index contributed by atoms with van der Waals surface area (Å²) in [6, 6.07) is 11.2. The number of nitrogens with two attached hydrogens (primary N) is 1. The number of carbonyl (C=O) groups is 1. The second kappa shape index (κ2) is 6.98. The van der Waals surface area contributed by atoms with Crippen molar-refractivity contribution in [2.24, 2.45) is 5.73 Å². The van der Waals surface area contributed by atoms with E-state index < -0.39 is 23.2 Å². The summed E-state index contributed by atoms with van der Waals surface area (Å²) in [5.74, 6) is -0.521. The zero-order valence-corrected chi connectivity index (χ0v) is 14.8. The molecule has 1 aliphatic heterocycles. The molecule has 1 unspecified atom stereocenters. The molecule has 0 radical (unpaired) electrons. The van der Waals surface area contributed by atoms with E-state index in [2.05, 4.69) is 5.32 Å². The summed E-state index contributed by atoms with van der Waals surface area (Å²) < 4.78 is 38.4. The van der Waals surface area contributed by atoms with Crippen LogP contribution in [0.5, 0.6) is 0 Å². The minimum Gasteiger partial charge on any atom is -0.385 e. The van der Waals surface area contributed by atoms with Gasteiger partial charge < -0.3 is 16.2 Å². The van der Waals surface area contributed by atoms with Crippen LogP contribution in [0, 0.1) is 0 Å². The minimum absolute atomic E-state index is 0.0492. The Kier molecular flexibility index (Phi) is 5.01. The molecule has 1 fully saturated rings. The molecular formula is C20H21F3N2O2. The minimum atomic E-state index is -4.41. The Morgan fingerprint density at radius 1 is 1.11 bits per heavy atom. The molecule has 27 heavy (non-hydrogen) atoms. The van der Waals surface area contributed by atoms with Crippen molar-refractivity contribution in [3.8, 4) is 0 Å². The second-order valence-electron chi connectivity index (χ2n) is 7.12. The first-order chi connectivity index (χ1) is 12.6. The Hall–Kier alpha value is -2.38. The van der Waals surface area contributed by atoms with E-state index in [-0.39, 0.29) is 12.1 Å². The lowest BCUT2D eigenvalue weighted by molar-refractivity contribution is -0.137. The third-order valence-electron chi connectivity index (χ3n) is 5.02. The van der Waals surface area contributed by atoms with Gasteiger partial charge in [-0.25, -0.2) is 0 Å². The maximum absolute atomic E-state index is 12.8. The van der Waals surface area contributed by atoms with Gasteiger partial charge in [-0.3, -0.25) is 4.79 Å². The highest BCUT2D eigenvalue weighted by Crippen LogP contribution is 2.41. The number of halogens is 3. The molecule has 1 saturated heterocycles. The Morgan fingerprint density at radius 2 is 1.70 bits per heavy atom. The molecule has 1 heterocycles. The standard InChI is InChI=1S/C20H21F3N2O2/c1-12-10-19(27,15-6-8-16(9-7-15)20(21,22)23)11-17(25-12)13-2-4-14(5-3-13)18(24)26/h2-9,12,17,25,27H,10-11H2,1H3,(H2,24,26)/t12-,17-,19?/m0/s1. The van der Waals surface area contributed by atoms with E-state index in [1.165, 1.54) is 12.1 Å². The van der Waals surface area contributed by atoms with Gasteiger partial charge in [-0.2, -0.15) is 13.2 Å². The lowest BCUT2D eigenvalue weighted by atomic mass is 9.77. The molecule has 0 saturated carbocycles. The van der Waals surface area contributed by atoms with Gasteiger partial charge in [-0.05, 0) is 55.2 Å². The van der Waals surface area contributed by atoms with Crippen LogP contribution in [0.4, 0.5) is 13.2 Å². The van der Waals surface area contributed by atoms with Crippen LogP contribution in [0.1, 0.15) is 52.9 Å². The molecule has 1 aliphatic rings. The first-order valence-electron chi connectivity index (χ1n) is 8.64. The summed E-state index contributed by atoms with van der Waals surface area (Å²) in [4.78, 5) is 11.2. The van der Waals surface area contributed by atoms with Gasteiger partial charge in [0.05, 0.1) is 11.2 Å². The fraction of sp³-hybridized carbons (Fsp3) is 0.350. The van der Waals surface area contributed by atoms with Gasteiger partial charge in [-0.15, -0.1) is 0 Å². The number of hydrogen-bond donors (Lipinski definition) is 3. The van der Waals surface area contributed by atoms with Crippen LogP contribution in [0.2, 0.25) is 0 Å². The number of nitrogens with one attached hydrogen (secondary N) is 1. The van der Waals surface area contributed by atoms with Crippen molar-refractivity contribution >= 4 is 5.91 Å². The van der Waals surface area contributed by atoms with Crippen molar-refractivity contribution in [2.75, 3.05) is 0 Å². The van der Waals surface area contributed by atoms with Crippen LogP contribution in [0.25, 0.3) is 0 Å². The van der Waals surface area contributed by atoms with E-state index in [9.17, 15) is 23.1 Å². The van der Waals surface area contributed by atoms with Crippen molar-refractivity contribution in [2.45, 2.75) is 43.6 Å². The van der Waals surface area contributed by atoms with E-state index >= 15 is 0 Å². The predicted molar refractivity (Wildman–Crippen MR) is 94.9 cm³/mol. The van der Waals surface area contributed by atoms with E-state index in [4.69, 9.17) is 5.73 Å². The number of alkyl halides is 3. The van der Waals surface area contributed by atoms with E-state index in [1.54, 1.807) is 24.3 Å². The number of rotatable bonds is 3. The lowest BCUT2D eigenvalue weighted by Gasteiger charge is -2.41. The van der Waals surface area contributed by atoms with Crippen molar-refractivity contribution in [3.05, 3.63) is 70.8 Å². The van der Waals surface area contributed by atoms with Crippen LogP contribution in [-0.4, -0.2) is 17.1 Å². The molecule has 0 bridgehead atoms. The van der Waals surface area contributed by atoms with E-state index in [0.29, 0.717) is 24.0 Å². The molecule has 144 valence electrons. The molecule has 3 atom stereocenters. The van der Waals surface area contributed by atoms with Crippen LogP contribution < -0.4 is 11.1 Å². The molecule has 4 N–H and O–H groups in total. The van der Waals surface area contributed by atoms with Crippen LogP contribution in [0.15, 0.2) is 48.5 Å². The number of carbonyl (C=O) groups excluding carboxylic acids is 1. The monoisotopic (exact) mass is 378 g/mol. The lowest BCUT2D eigenvalue weighted by Crippen LogP contribution is -2.46. The topological polar surface area (TPSA) is 75.3 Å². The zero-order chi connectivity index (χ0) is 19.8. The first kappa shape index (κ1) is 19.4. The Bertz CT molecular complexity index is 819. The number of amides is 1. The SMILES string of the molecule is C[C@H]1CC(O)(c2ccc(C(F)(F)F)cc2)C[C@@H](c2ccc(C(N)=O)cc2)N1. The number of piperidine rings is 1. The fourth-order valence-corrected chi connectivity index (χ4v) is 3.69. The van der Waals surface area contributed by atoms with Crippen LogP contribution in [0.3, 0.4) is 0 Å². The quantitative estimate of drug-likeness (QED) is 0.765. The van der Waals surface area contributed by atoms with Gasteiger partial charge in [0.1, 0.15) is 0 Å². The van der Waals surface area contributed by atoms with Gasteiger partial charge in [-0.1, -0.05) is 24.3 Å². The molecule has 0 aromatic heterocycles. The molecule has 7 heteroatoms. The molecule has 2 aromatic carbocycles. The van der Waals surface area contributed by atoms with E-state index in [0.717, 1.165) is 17.7 Å². The average Bonchev–Trinajstić information content (AvgIpc) is 2.60. The average molecular weight is 378 g/mol. The van der Waals surface area contributed by atoms with Gasteiger partial charge in [0.15, 0.2) is 0 Å². The smallest absolute Gasteiger partial charge is 0.385 e. The molecule has 0 aliphatic carbocycles. The number of benzene rings is 2. The summed E-state index contributed by atoms with van der Waals surface area (Å²) in [6.45, 7) is 1.92. The van der Waals surface area contributed by atoms with Gasteiger partial charge in [0.2, 0.25) is 5.91 Å². The molecule has 4 nitrogen and oxygen atoms in total. The Morgan fingerprint density at radius 3 is 2.22 bits per heavy atom. The van der Waals surface area contributed by atoms with Crippen LogP contribution >= 0.6 is 0 Å². The highest BCUT2D eigenvalue weighted by atomic mass is 19.4. The highest BCUT2D eigenvalue weighted by molar-refractivity contribution is 5.92. The fourth-order valence-electron chi connectivity index (χ4n) is 3.69. The molecule has 2 aromatic rings. The van der Waals surface area contributed by atoms with E-state index in [1.807, 2.05) is 6.92 Å². The molecular weight excluding hydrogens is 357 g/mol. The van der Waals surface area contributed by atoms with Crippen molar-refractivity contribution in [3.63, 3.8) is 0 Å². The summed E-state index contributed by atoms with van der Waals surface area (Å²) in [5, 5.41) is 14.6. The molecule has 3 rings (SSSR count). The number of aliphatic hydroxyl groups is 1. The summed E-state index contributed by atoms with van der Waals surface area (Å²) in [5.41, 5.74) is 4.99. The molecule has 1 amide bonds. The van der Waals surface area contributed by atoms with Crippen molar-refractivity contribution in [1.82, 2.24) is 5.32 Å². The summed E-state index contributed by atoms with van der Waals surface area (Å²) in [6.07, 6.45) is -3.72. The Labute approximate surface area is 155 Å². The zero-order valence-electron chi connectivity index (χ0n) is 14.8. The van der Waals surface area contributed by atoms with Gasteiger partial charge in [0, 0.05) is 17.6 Å². The summed E-state index contributed by atoms with van der Waals surface area (Å²) >= 11 is 0. The maximum Gasteiger partial charge on any atom is 0.416 e. The summed E-state index contributed by atoms with van der Waals surface area (Å²) in [7, 11) is 0. The van der Waals surface area contributed by atoms with Gasteiger partial charge >= 0.3 is 6.18 Å². The maximum atomic E-state index is 12.8. The third kappa shape index (κ3) is 4.14. The Balaban J connectivity index is 1.86. The van der Waals surface area contributed by atoms with Crippen molar-refractivity contribution < 1.29 is 23.1 Å².